The summed E-state index contributed by atoms with van der Waals surface area (Å²) in [5, 5.41) is 5.31. The fraction of sp³-hybridized carbons (Fsp3) is 0.0455. The van der Waals surface area contributed by atoms with E-state index in [4.69, 9.17) is 0 Å². The third-order valence-corrected chi connectivity index (χ3v) is 9.57. The van der Waals surface area contributed by atoms with E-state index >= 15 is 0 Å². The molecule has 2 aliphatic carbocycles. The van der Waals surface area contributed by atoms with Crippen LogP contribution in [-0.4, -0.2) is 0 Å². The van der Waals surface area contributed by atoms with Gasteiger partial charge >= 0.3 is 0 Å². The van der Waals surface area contributed by atoms with Crippen molar-refractivity contribution in [2.45, 2.75) is 12.8 Å². The normalized spacial score (nSPS) is 14.0. The SMILES string of the molecule is c1ccc(C2=C(c3c4ccccc4c(C4=C(c5ccccc5)c5ccccc5C4)c4ccccc34)Cc3ccccc32)cc1. The first kappa shape index (κ1) is 25.1. The van der Waals surface area contributed by atoms with Crippen molar-refractivity contribution in [2.24, 2.45) is 0 Å². The lowest BCUT2D eigenvalue weighted by molar-refractivity contribution is 1.32. The second-order valence-corrected chi connectivity index (χ2v) is 11.9. The molecular formula is C44H30. The first-order valence-electron chi connectivity index (χ1n) is 15.5. The van der Waals surface area contributed by atoms with Crippen molar-refractivity contribution in [1.29, 1.82) is 0 Å². The van der Waals surface area contributed by atoms with Gasteiger partial charge in [-0.15, -0.1) is 0 Å². The molecule has 0 aliphatic heterocycles. The maximum Gasteiger partial charge on any atom is -0.000683 e. The van der Waals surface area contributed by atoms with Crippen LogP contribution in [0, 0.1) is 0 Å². The van der Waals surface area contributed by atoms with E-state index in [0.717, 1.165) is 12.8 Å². The third kappa shape index (κ3) is 3.78. The Morgan fingerprint density at radius 3 is 1.00 bits per heavy atom. The van der Waals surface area contributed by atoms with E-state index in [9.17, 15) is 0 Å². The van der Waals surface area contributed by atoms with E-state index < -0.39 is 0 Å². The van der Waals surface area contributed by atoms with Gasteiger partial charge in [0.1, 0.15) is 0 Å². The Morgan fingerprint density at radius 1 is 0.295 bits per heavy atom. The molecule has 0 saturated carbocycles. The molecule has 0 heteroatoms. The number of benzene rings is 7. The van der Waals surface area contributed by atoms with Crippen LogP contribution in [0.3, 0.4) is 0 Å². The molecule has 7 aromatic rings. The minimum Gasteiger partial charge on any atom is -0.0622 e. The number of hydrogen-bond acceptors (Lipinski definition) is 0. The molecule has 0 aromatic heterocycles. The van der Waals surface area contributed by atoms with Gasteiger partial charge in [0.25, 0.3) is 0 Å². The molecule has 0 amide bonds. The molecule has 0 saturated heterocycles. The first-order valence-corrected chi connectivity index (χ1v) is 15.5. The van der Waals surface area contributed by atoms with E-state index in [-0.39, 0.29) is 0 Å². The van der Waals surface area contributed by atoms with Gasteiger partial charge in [-0.2, -0.15) is 0 Å². The number of allylic oxidation sites excluding steroid dienone is 2. The Balaban J connectivity index is 1.41. The fourth-order valence-corrected chi connectivity index (χ4v) is 7.79. The van der Waals surface area contributed by atoms with Crippen molar-refractivity contribution in [2.75, 3.05) is 0 Å². The maximum atomic E-state index is 2.35. The Hall–Kier alpha value is -5.46. The minimum absolute atomic E-state index is 0.928. The highest BCUT2D eigenvalue weighted by molar-refractivity contribution is 6.23. The lowest BCUT2D eigenvalue weighted by Crippen LogP contribution is -1.98. The molecule has 206 valence electrons. The predicted octanol–water partition coefficient (Wildman–Crippen LogP) is 11.0. The molecule has 0 radical (unpaired) electrons. The monoisotopic (exact) mass is 558 g/mol. The highest BCUT2D eigenvalue weighted by Crippen LogP contribution is 2.51. The summed E-state index contributed by atoms with van der Waals surface area (Å²) >= 11 is 0. The molecule has 2 aliphatic rings. The molecular weight excluding hydrogens is 528 g/mol. The molecule has 0 fully saturated rings. The van der Waals surface area contributed by atoms with Crippen molar-refractivity contribution >= 4 is 43.8 Å². The van der Waals surface area contributed by atoms with Gasteiger partial charge in [0, 0.05) is 0 Å². The second kappa shape index (κ2) is 10.1. The Kier molecular flexibility index (Phi) is 5.74. The number of hydrogen-bond donors (Lipinski definition) is 0. The van der Waals surface area contributed by atoms with Gasteiger partial charge in [0.2, 0.25) is 0 Å². The van der Waals surface area contributed by atoms with Crippen molar-refractivity contribution < 1.29 is 0 Å². The lowest BCUT2D eigenvalue weighted by atomic mass is 9.82. The molecule has 9 rings (SSSR count). The molecule has 0 unspecified atom stereocenters. The summed E-state index contributed by atoms with van der Waals surface area (Å²) in [6, 6.07) is 58.1. The van der Waals surface area contributed by atoms with E-state index in [0.29, 0.717) is 0 Å². The topological polar surface area (TPSA) is 0 Å². The van der Waals surface area contributed by atoms with Crippen LogP contribution in [0.25, 0.3) is 43.8 Å². The molecule has 7 aromatic carbocycles. The van der Waals surface area contributed by atoms with E-state index in [2.05, 4.69) is 158 Å². The van der Waals surface area contributed by atoms with Crippen LogP contribution >= 0.6 is 0 Å². The highest BCUT2D eigenvalue weighted by atomic mass is 14.3. The standard InChI is InChI=1S/C44H30/c1-3-15-29(16-4-1)41-33-21-9-7-19-31(33)27-39(41)43-35-23-11-13-25-37(35)44(38-26-14-12-24-36(38)43)40-28-32-20-8-10-22-34(32)42(40)30-17-5-2-6-18-30/h1-26H,27-28H2. The zero-order valence-corrected chi connectivity index (χ0v) is 24.4. The summed E-state index contributed by atoms with van der Waals surface area (Å²) in [6.07, 6.45) is 1.86. The molecule has 0 nitrogen and oxygen atoms in total. The third-order valence-electron chi connectivity index (χ3n) is 9.57. The van der Waals surface area contributed by atoms with Gasteiger partial charge in [-0.05, 0) is 101 Å². The van der Waals surface area contributed by atoms with Gasteiger partial charge in [0.05, 0.1) is 0 Å². The Labute approximate surface area is 258 Å². The lowest BCUT2D eigenvalue weighted by Gasteiger charge is -2.21. The minimum atomic E-state index is 0.928. The van der Waals surface area contributed by atoms with E-state index in [1.807, 2.05) is 0 Å². The van der Waals surface area contributed by atoms with Crippen LogP contribution in [0.1, 0.15) is 44.5 Å². The summed E-state index contributed by atoms with van der Waals surface area (Å²) in [6.45, 7) is 0. The average molecular weight is 559 g/mol. The molecule has 0 N–H and O–H groups in total. The zero-order valence-electron chi connectivity index (χ0n) is 24.4. The smallest absolute Gasteiger partial charge is 0.000683 e. The Bertz CT molecular complexity index is 2080. The largest absolute Gasteiger partial charge is 0.0622 e. The summed E-state index contributed by atoms with van der Waals surface area (Å²) in [5.41, 5.74) is 16.4. The highest BCUT2D eigenvalue weighted by Gasteiger charge is 2.30. The van der Waals surface area contributed by atoms with Crippen LogP contribution in [0.15, 0.2) is 158 Å². The zero-order chi connectivity index (χ0) is 29.0. The molecule has 0 spiro atoms. The van der Waals surface area contributed by atoms with Crippen LogP contribution in [-0.2, 0) is 12.8 Å². The molecule has 44 heavy (non-hydrogen) atoms. The summed E-state index contributed by atoms with van der Waals surface area (Å²) < 4.78 is 0. The fourth-order valence-electron chi connectivity index (χ4n) is 7.79. The van der Waals surface area contributed by atoms with E-state index in [1.165, 1.54) is 88.3 Å². The van der Waals surface area contributed by atoms with Crippen molar-refractivity contribution in [1.82, 2.24) is 0 Å². The number of rotatable bonds is 4. The summed E-state index contributed by atoms with van der Waals surface area (Å²) in [7, 11) is 0. The van der Waals surface area contributed by atoms with Crippen LogP contribution < -0.4 is 0 Å². The van der Waals surface area contributed by atoms with Crippen LogP contribution in [0.2, 0.25) is 0 Å². The van der Waals surface area contributed by atoms with Crippen molar-refractivity contribution in [3.63, 3.8) is 0 Å². The first-order chi connectivity index (χ1) is 21.9. The van der Waals surface area contributed by atoms with Crippen LogP contribution in [0.4, 0.5) is 0 Å². The molecule has 0 atom stereocenters. The van der Waals surface area contributed by atoms with Crippen LogP contribution in [0.5, 0.6) is 0 Å². The van der Waals surface area contributed by atoms with Gasteiger partial charge in [0.15, 0.2) is 0 Å². The van der Waals surface area contributed by atoms with Gasteiger partial charge < -0.3 is 0 Å². The molecule has 0 bridgehead atoms. The average Bonchev–Trinajstić information content (AvgIpc) is 3.66. The van der Waals surface area contributed by atoms with Crippen molar-refractivity contribution in [3.8, 4) is 0 Å². The van der Waals surface area contributed by atoms with E-state index in [1.54, 1.807) is 0 Å². The molecule has 0 heterocycles. The Morgan fingerprint density at radius 2 is 0.614 bits per heavy atom. The maximum absolute atomic E-state index is 2.35. The summed E-state index contributed by atoms with van der Waals surface area (Å²) in [4.78, 5) is 0. The van der Waals surface area contributed by atoms with Gasteiger partial charge in [-0.1, -0.05) is 158 Å². The number of fused-ring (bicyclic) bond motifs is 4. The summed E-state index contributed by atoms with van der Waals surface area (Å²) in [5.74, 6) is 0. The van der Waals surface area contributed by atoms with Crippen molar-refractivity contribution in [3.05, 3.63) is 202 Å². The predicted molar refractivity (Wildman–Crippen MR) is 186 cm³/mol. The quantitative estimate of drug-likeness (QED) is 0.189. The van der Waals surface area contributed by atoms with Gasteiger partial charge in [-0.25, -0.2) is 0 Å². The van der Waals surface area contributed by atoms with Gasteiger partial charge in [-0.3, -0.25) is 0 Å². The second-order valence-electron chi connectivity index (χ2n) is 11.9.